The van der Waals surface area contributed by atoms with Crippen molar-refractivity contribution in [1.29, 1.82) is 0 Å². The molecule has 0 bridgehead atoms. The quantitative estimate of drug-likeness (QED) is 0.184. The van der Waals surface area contributed by atoms with Gasteiger partial charge in [-0.3, -0.25) is 4.57 Å². The molecule has 3 heteroatoms. The molecule has 0 saturated carbocycles. The number of aromatic nitrogens is 3. The van der Waals surface area contributed by atoms with Gasteiger partial charge in [0, 0.05) is 33.0 Å². The minimum atomic E-state index is 0.939. The van der Waals surface area contributed by atoms with Crippen molar-refractivity contribution in [2.24, 2.45) is 0 Å². The van der Waals surface area contributed by atoms with Crippen LogP contribution in [0.3, 0.4) is 0 Å². The average Bonchev–Trinajstić information content (AvgIpc) is 3.55. The van der Waals surface area contributed by atoms with Gasteiger partial charge in [-0.25, -0.2) is 9.97 Å². The second-order valence-corrected chi connectivity index (χ2v) is 11.8. The first kappa shape index (κ1) is 27.0. The van der Waals surface area contributed by atoms with Gasteiger partial charge in [0.15, 0.2) is 0 Å². The number of para-hydroxylation sites is 3. The van der Waals surface area contributed by atoms with Crippen molar-refractivity contribution in [3.63, 3.8) is 0 Å². The van der Waals surface area contributed by atoms with Gasteiger partial charge in [0.05, 0.1) is 22.2 Å². The lowest BCUT2D eigenvalue weighted by atomic mass is 9.91. The third-order valence-corrected chi connectivity index (χ3v) is 9.00. The summed E-state index contributed by atoms with van der Waals surface area (Å²) >= 11 is 0. The fourth-order valence-electron chi connectivity index (χ4n) is 6.80. The van der Waals surface area contributed by atoms with E-state index >= 15 is 0 Å². The van der Waals surface area contributed by atoms with E-state index in [4.69, 9.17) is 9.97 Å². The van der Waals surface area contributed by atoms with Gasteiger partial charge in [-0.05, 0) is 58.7 Å². The van der Waals surface area contributed by atoms with Crippen LogP contribution in [-0.4, -0.2) is 14.5 Å². The number of nitrogens with zero attached hydrogens (tertiary/aromatic N) is 3. The van der Waals surface area contributed by atoms with Crippen molar-refractivity contribution in [3.05, 3.63) is 176 Å². The summed E-state index contributed by atoms with van der Waals surface area (Å²) in [6.07, 6.45) is 0. The molecule has 0 N–H and O–H groups in total. The van der Waals surface area contributed by atoms with Gasteiger partial charge in [0.25, 0.3) is 0 Å². The largest absolute Gasteiger partial charge is 0.292 e. The number of fused-ring (bicyclic) bond motifs is 4. The lowest BCUT2D eigenvalue weighted by Crippen LogP contribution is -1.97. The molecule has 0 aliphatic rings. The van der Waals surface area contributed by atoms with Gasteiger partial charge in [0.2, 0.25) is 0 Å². The standard InChI is InChI=1S/C44H29N3/c1-3-13-31(14-4-1)43-38-21-12-20-36(42(38)37-19-7-8-22-39(37)45-43)34-18-11-17-33(29-34)30-25-27-35(28-26-30)47-41-24-10-9-23-40(41)46-44(47)32-15-5-2-6-16-32/h1-29H. The number of rotatable bonds is 5. The van der Waals surface area contributed by atoms with Crippen LogP contribution < -0.4 is 0 Å². The molecule has 9 aromatic rings. The second-order valence-electron chi connectivity index (χ2n) is 11.8. The van der Waals surface area contributed by atoms with E-state index in [1.54, 1.807) is 0 Å². The van der Waals surface area contributed by atoms with Crippen molar-refractivity contribution in [2.75, 3.05) is 0 Å². The Hall–Kier alpha value is -6.32. The highest BCUT2D eigenvalue weighted by molar-refractivity contribution is 6.17. The molecule has 0 unspecified atom stereocenters. The molecule has 47 heavy (non-hydrogen) atoms. The van der Waals surface area contributed by atoms with E-state index in [9.17, 15) is 0 Å². The molecular weight excluding hydrogens is 571 g/mol. The Kier molecular flexibility index (Phi) is 6.46. The summed E-state index contributed by atoms with van der Waals surface area (Å²) in [5.41, 5.74) is 12.1. The summed E-state index contributed by atoms with van der Waals surface area (Å²) < 4.78 is 2.25. The number of hydrogen-bond donors (Lipinski definition) is 0. The van der Waals surface area contributed by atoms with Crippen LogP contribution in [0.15, 0.2) is 176 Å². The monoisotopic (exact) mass is 599 g/mol. The van der Waals surface area contributed by atoms with E-state index in [2.05, 4.69) is 168 Å². The Morgan fingerprint density at radius 3 is 1.81 bits per heavy atom. The molecule has 2 aromatic heterocycles. The summed E-state index contributed by atoms with van der Waals surface area (Å²) in [6.45, 7) is 0. The average molecular weight is 600 g/mol. The number of pyridine rings is 1. The Bertz CT molecular complexity index is 2550. The summed E-state index contributed by atoms with van der Waals surface area (Å²) in [6, 6.07) is 62.0. The SMILES string of the molecule is c1ccc(-c2nc3ccccc3c3c(-c4cccc(-c5ccc(-n6c(-c7ccccc7)nc7ccccc76)cc5)c4)cccc23)cc1. The third-order valence-electron chi connectivity index (χ3n) is 9.00. The summed E-state index contributed by atoms with van der Waals surface area (Å²) in [5, 5.41) is 3.54. The first-order valence-electron chi connectivity index (χ1n) is 15.9. The van der Waals surface area contributed by atoms with Gasteiger partial charge >= 0.3 is 0 Å². The number of hydrogen-bond acceptors (Lipinski definition) is 2. The van der Waals surface area contributed by atoms with Gasteiger partial charge in [-0.2, -0.15) is 0 Å². The molecule has 220 valence electrons. The molecule has 0 fully saturated rings. The molecule has 9 rings (SSSR count). The molecule has 0 amide bonds. The molecule has 3 nitrogen and oxygen atoms in total. The molecule has 0 saturated heterocycles. The van der Waals surface area contributed by atoms with Crippen LogP contribution >= 0.6 is 0 Å². The molecular formula is C44H29N3. The third kappa shape index (κ3) is 4.68. The summed E-state index contributed by atoms with van der Waals surface area (Å²) in [5.74, 6) is 0.939. The Morgan fingerprint density at radius 2 is 1.00 bits per heavy atom. The zero-order valence-corrected chi connectivity index (χ0v) is 25.6. The second kappa shape index (κ2) is 11.2. The smallest absolute Gasteiger partial charge is 0.145 e. The normalized spacial score (nSPS) is 11.4. The minimum absolute atomic E-state index is 0.939. The highest BCUT2D eigenvalue weighted by Gasteiger charge is 2.16. The minimum Gasteiger partial charge on any atom is -0.292 e. The van der Waals surface area contributed by atoms with E-state index in [1.165, 1.54) is 22.1 Å². The predicted octanol–water partition coefficient (Wildman–Crippen LogP) is 11.4. The van der Waals surface area contributed by atoms with Crippen LogP contribution in [0.4, 0.5) is 0 Å². The van der Waals surface area contributed by atoms with Crippen molar-refractivity contribution < 1.29 is 0 Å². The lowest BCUT2D eigenvalue weighted by molar-refractivity contribution is 1.10. The Morgan fingerprint density at radius 1 is 0.383 bits per heavy atom. The highest BCUT2D eigenvalue weighted by atomic mass is 15.1. The molecule has 0 aliphatic heterocycles. The molecule has 0 atom stereocenters. The van der Waals surface area contributed by atoms with Gasteiger partial charge in [-0.1, -0.05) is 140 Å². The van der Waals surface area contributed by atoms with Gasteiger partial charge in [0.1, 0.15) is 5.82 Å². The van der Waals surface area contributed by atoms with Crippen molar-refractivity contribution in [2.45, 2.75) is 0 Å². The summed E-state index contributed by atoms with van der Waals surface area (Å²) in [4.78, 5) is 10.2. The van der Waals surface area contributed by atoms with Crippen molar-refractivity contribution in [3.8, 4) is 50.6 Å². The van der Waals surface area contributed by atoms with Crippen LogP contribution in [-0.2, 0) is 0 Å². The molecule has 2 heterocycles. The fraction of sp³-hybridized carbons (Fsp3) is 0. The maximum absolute atomic E-state index is 5.14. The van der Waals surface area contributed by atoms with Crippen LogP contribution in [0.2, 0.25) is 0 Å². The maximum atomic E-state index is 5.14. The van der Waals surface area contributed by atoms with E-state index in [1.807, 2.05) is 12.1 Å². The van der Waals surface area contributed by atoms with E-state index in [0.717, 1.165) is 61.2 Å². The maximum Gasteiger partial charge on any atom is 0.145 e. The van der Waals surface area contributed by atoms with E-state index in [0.29, 0.717) is 0 Å². The molecule has 0 aliphatic carbocycles. The van der Waals surface area contributed by atoms with Crippen LogP contribution in [0.5, 0.6) is 0 Å². The zero-order valence-electron chi connectivity index (χ0n) is 25.6. The van der Waals surface area contributed by atoms with Crippen LogP contribution in [0, 0.1) is 0 Å². The Labute approximate surface area is 273 Å². The lowest BCUT2D eigenvalue weighted by Gasteiger charge is -2.15. The summed E-state index contributed by atoms with van der Waals surface area (Å²) in [7, 11) is 0. The number of benzene rings is 7. The van der Waals surface area contributed by atoms with E-state index < -0.39 is 0 Å². The van der Waals surface area contributed by atoms with Gasteiger partial charge < -0.3 is 0 Å². The van der Waals surface area contributed by atoms with E-state index in [-0.39, 0.29) is 0 Å². The van der Waals surface area contributed by atoms with Crippen LogP contribution in [0.25, 0.3) is 83.3 Å². The van der Waals surface area contributed by atoms with Crippen molar-refractivity contribution in [1.82, 2.24) is 14.5 Å². The molecule has 7 aromatic carbocycles. The predicted molar refractivity (Wildman–Crippen MR) is 196 cm³/mol. The number of imidazole rings is 1. The van der Waals surface area contributed by atoms with Crippen LogP contribution in [0.1, 0.15) is 0 Å². The zero-order chi connectivity index (χ0) is 31.2. The first-order valence-corrected chi connectivity index (χ1v) is 15.9. The molecule has 0 radical (unpaired) electrons. The molecule has 0 spiro atoms. The Balaban J connectivity index is 1.16. The topological polar surface area (TPSA) is 30.7 Å². The first-order chi connectivity index (χ1) is 23.3. The fourth-order valence-corrected chi connectivity index (χ4v) is 6.80. The van der Waals surface area contributed by atoms with Crippen molar-refractivity contribution >= 4 is 32.7 Å². The van der Waals surface area contributed by atoms with Gasteiger partial charge in [-0.15, -0.1) is 0 Å². The highest BCUT2D eigenvalue weighted by Crippen LogP contribution is 2.39.